The van der Waals surface area contributed by atoms with Gasteiger partial charge >= 0.3 is 0 Å². The van der Waals surface area contributed by atoms with Gasteiger partial charge in [0, 0.05) is 23.2 Å². The van der Waals surface area contributed by atoms with Crippen LogP contribution in [0.3, 0.4) is 0 Å². The topological polar surface area (TPSA) is 97.4 Å². The molecule has 1 aromatic heterocycles. The molecular formula is C18H22ClN3O4. The molecule has 0 radical (unpaired) electrons. The number of benzene rings is 1. The summed E-state index contributed by atoms with van der Waals surface area (Å²) in [5.74, 6) is 1.04. The lowest BCUT2D eigenvalue weighted by Crippen LogP contribution is -2.49. The van der Waals surface area contributed by atoms with Gasteiger partial charge in [0.2, 0.25) is 5.91 Å². The van der Waals surface area contributed by atoms with E-state index in [4.69, 9.17) is 16.0 Å². The minimum absolute atomic E-state index is 0.0779. The molecule has 2 N–H and O–H groups in total. The zero-order valence-corrected chi connectivity index (χ0v) is 15.9. The van der Waals surface area contributed by atoms with E-state index in [-0.39, 0.29) is 28.2 Å². The van der Waals surface area contributed by atoms with Gasteiger partial charge < -0.3 is 9.73 Å². The first-order valence-electron chi connectivity index (χ1n) is 8.15. The highest BCUT2D eigenvalue weighted by Gasteiger charge is 2.19. The summed E-state index contributed by atoms with van der Waals surface area (Å²) in [5.41, 5.74) is 0.199. The molecule has 2 aromatic rings. The van der Waals surface area contributed by atoms with Gasteiger partial charge in [0.1, 0.15) is 11.5 Å². The maximum absolute atomic E-state index is 12.1. The van der Waals surface area contributed by atoms with E-state index < -0.39 is 4.92 Å². The minimum Gasteiger partial charge on any atom is -0.460 e. The van der Waals surface area contributed by atoms with E-state index in [9.17, 15) is 14.9 Å². The standard InChI is InChI=1S/C18H22ClN3O4/c1-11(17(23)21-18(2,3)4)20-10-13-6-8-16(26-13)14-7-5-12(22(24)25)9-15(14)19/h5-9,11,20H,10H2,1-4H3,(H,21,23). The third-order valence-electron chi connectivity index (χ3n) is 3.56. The van der Waals surface area contributed by atoms with Crippen LogP contribution in [0.5, 0.6) is 0 Å². The number of halogens is 1. The van der Waals surface area contributed by atoms with Gasteiger partial charge in [-0.05, 0) is 45.9 Å². The first-order valence-corrected chi connectivity index (χ1v) is 8.53. The molecule has 140 valence electrons. The molecule has 1 heterocycles. The van der Waals surface area contributed by atoms with Gasteiger partial charge in [0.25, 0.3) is 5.69 Å². The zero-order chi connectivity index (χ0) is 19.5. The van der Waals surface area contributed by atoms with Crippen LogP contribution < -0.4 is 10.6 Å². The van der Waals surface area contributed by atoms with E-state index >= 15 is 0 Å². The highest BCUT2D eigenvalue weighted by Crippen LogP contribution is 2.32. The summed E-state index contributed by atoms with van der Waals surface area (Å²) in [5, 5.41) is 17.0. The first kappa shape index (κ1) is 19.9. The highest BCUT2D eigenvalue weighted by molar-refractivity contribution is 6.33. The van der Waals surface area contributed by atoms with Crippen LogP contribution in [0.2, 0.25) is 5.02 Å². The Hall–Kier alpha value is -2.38. The molecule has 26 heavy (non-hydrogen) atoms. The third-order valence-corrected chi connectivity index (χ3v) is 3.88. The summed E-state index contributed by atoms with van der Waals surface area (Å²) in [6.07, 6.45) is 0. The molecule has 1 amide bonds. The van der Waals surface area contributed by atoms with Gasteiger partial charge in [-0.2, -0.15) is 0 Å². The van der Waals surface area contributed by atoms with Crippen molar-refractivity contribution in [3.05, 3.63) is 51.2 Å². The fraction of sp³-hybridized carbons (Fsp3) is 0.389. The summed E-state index contributed by atoms with van der Waals surface area (Å²) < 4.78 is 5.73. The number of nitro benzene ring substituents is 1. The quantitative estimate of drug-likeness (QED) is 0.586. The molecule has 0 aliphatic carbocycles. The summed E-state index contributed by atoms with van der Waals surface area (Å²) in [6.45, 7) is 7.90. The summed E-state index contributed by atoms with van der Waals surface area (Å²) >= 11 is 6.11. The Morgan fingerprint density at radius 1 is 1.31 bits per heavy atom. The number of carbonyl (C=O) groups excluding carboxylic acids is 1. The van der Waals surface area contributed by atoms with E-state index in [2.05, 4.69) is 10.6 Å². The van der Waals surface area contributed by atoms with Gasteiger partial charge in [-0.15, -0.1) is 0 Å². The van der Waals surface area contributed by atoms with Gasteiger partial charge in [-0.1, -0.05) is 11.6 Å². The Bertz CT molecular complexity index is 811. The molecule has 7 nitrogen and oxygen atoms in total. The molecule has 1 atom stereocenters. The van der Waals surface area contributed by atoms with Crippen LogP contribution in [-0.2, 0) is 11.3 Å². The maximum atomic E-state index is 12.1. The molecule has 0 bridgehead atoms. The molecule has 0 saturated carbocycles. The second-order valence-corrected chi connectivity index (χ2v) is 7.44. The molecule has 0 aliphatic heterocycles. The number of nitrogens with one attached hydrogen (secondary N) is 2. The van der Waals surface area contributed by atoms with E-state index in [0.29, 0.717) is 23.6 Å². The number of furan rings is 1. The average Bonchev–Trinajstić information content (AvgIpc) is 2.99. The average molecular weight is 380 g/mol. The lowest BCUT2D eigenvalue weighted by atomic mass is 10.1. The van der Waals surface area contributed by atoms with Crippen molar-refractivity contribution in [1.82, 2.24) is 10.6 Å². The fourth-order valence-corrected chi connectivity index (χ4v) is 2.53. The lowest BCUT2D eigenvalue weighted by molar-refractivity contribution is -0.384. The van der Waals surface area contributed by atoms with Crippen molar-refractivity contribution < 1.29 is 14.1 Å². The van der Waals surface area contributed by atoms with Gasteiger partial charge in [-0.3, -0.25) is 20.2 Å². The molecule has 2 rings (SSSR count). The molecule has 8 heteroatoms. The van der Waals surface area contributed by atoms with Crippen LogP contribution >= 0.6 is 11.6 Å². The normalized spacial score (nSPS) is 12.7. The molecule has 0 fully saturated rings. The predicted molar refractivity (Wildman–Crippen MR) is 100 cm³/mol. The fourth-order valence-electron chi connectivity index (χ4n) is 2.26. The Labute approximate surface area is 156 Å². The lowest BCUT2D eigenvalue weighted by Gasteiger charge is -2.23. The Balaban J connectivity index is 2.02. The summed E-state index contributed by atoms with van der Waals surface area (Å²) in [4.78, 5) is 22.3. The number of nitrogens with zero attached hydrogens (tertiary/aromatic N) is 1. The number of non-ortho nitro benzene ring substituents is 1. The SMILES string of the molecule is CC(NCc1ccc(-c2ccc([N+](=O)[O-])cc2Cl)o1)C(=O)NC(C)(C)C. The second-order valence-electron chi connectivity index (χ2n) is 7.03. The number of amides is 1. The van der Waals surface area contributed by atoms with Crippen molar-refractivity contribution in [2.45, 2.75) is 45.8 Å². The molecule has 1 unspecified atom stereocenters. The molecule has 0 aliphatic rings. The van der Waals surface area contributed by atoms with Crippen LogP contribution in [0.15, 0.2) is 34.7 Å². The van der Waals surface area contributed by atoms with Crippen molar-refractivity contribution in [1.29, 1.82) is 0 Å². The van der Waals surface area contributed by atoms with Crippen molar-refractivity contribution in [2.24, 2.45) is 0 Å². The summed E-state index contributed by atoms with van der Waals surface area (Å²) in [7, 11) is 0. The van der Waals surface area contributed by atoms with Gasteiger partial charge in [-0.25, -0.2) is 0 Å². The number of hydrogen-bond acceptors (Lipinski definition) is 5. The zero-order valence-electron chi connectivity index (χ0n) is 15.1. The largest absolute Gasteiger partial charge is 0.460 e. The van der Waals surface area contributed by atoms with Crippen LogP contribution in [-0.4, -0.2) is 22.4 Å². The van der Waals surface area contributed by atoms with E-state index in [0.717, 1.165) is 0 Å². The molecule has 0 saturated heterocycles. The summed E-state index contributed by atoms with van der Waals surface area (Å²) in [6, 6.07) is 7.34. The number of rotatable bonds is 6. The maximum Gasteiger partial charge on any atom is 0.270 e. The van der Waals surface area contributed by atoms with Crippen LogP contribution in [0.1, 0.15) is 33.5 Å². The van der Waals surface area contributed by atoms with Gasteiger partial charge in [0.15, 0.2) is 0 Å². The van der Waals surface area contributed by atoms with Crippen LogP contribution in [0, 0.1) is 10.1 Å². The number of carbonyl (C=O) groups is 1. The third kappa shape index (κ3) is 5.31. The van der Waals surface area contributed by atoms with E-state index in [1.165, 1.54) is 12.1 Å². The molecule has 0 spiro atoms. The molecule has 1 aromatic carbocycles. The second kappa shape index (κ2) is 7.88. The Kier molecular flexibility index (Phi) is 6.05. The first-order chi connectivity index (χ1) is 12.1. The molecular weight excluding hydrogens is 358 g/mol. The van der Waals surface area contributed by atoms with Crippen molar-refractivity contribution in [3.8, 4) is 11.3 Å². The monoisotopic (exact) mass is 379 g/mol. The van der Waals surface area contributed by atoms with Crippen LogP contribution in [0.4, 0.5) is 5.69 Å². The number of hydrogen-bond donors (Lipinski definition) is 2. The minimum atomic E-state index is -0.503. The van der Waals surface area contributed by atoms with Crippen molar-refractivity contribution in [2.75, 3.05) is 0 Å². The van der Waals surface area contributed by atoms with Gasteiger partial charge in [0.05, 0.1) is 22.5 Å². The highest BCUT2D eigenvalue weighted by atomic mass is 35.5. The van der Waals surface area contributed by atoms with Crippen molar-refractivity contribution in [3.63, 3.8) is 0 Å². The Morgan fingerprint density at radius 3 is 2.58 bits per heavy atom. The predicted octanol–water partition coefficient (Wildman–Crippen LogP) is 3.90. The van der Waals surface area contributed by atoms with E-state index in [1.54, 1.807) is 25.1 Å². The smallest absolute Gasteiger partial charge is 0.270 e. The number of nitro groups is 1. The van der Waals surface area contributed by atoms with Crippen LogP contribution in [0.25, 0.3) is 11.3 Å². The van der Waals surface area contributed by atoms with E-state index in [1.807, 2.05) is 20.8 Å². The Morgan fingerprint density at radius 2 is 2.00 bits per heavy atom. The van der Waals surface area contributed by atoms with Crippen molar-refractivity contribution >= 4 is 23.2 Å².